The van der Waals surface area contributed by atoms with Crippen LogP contribution in [-0.4, -0.2) is 29.6 Å². The second kappa shape index (κ2) is 5.64. The molecule has 0 aromatic heterocycles. The lowest BCUT2D eigenvalue weighted by atomic mass is 10.0. The number of piperidine rings is 1. The zero-order chi connectivity index (χ0) is 13.0. The van der Waals surface area contributed by atoms with Crippen molar-refractivity contribution in [2.45, 2.75) is 25.3 Å². The van der Waals surface area contributed by atoms with Gasteiger partial charge in [0.25, 0.3) is 0 Å². The second-order valence-corrected chi connectivity index (χ2v) is 4.34. The quantitative estimate of drug-likeness (QED) is 0.756. The first-order valence-corrected chi connectivity index (χ1v) is 6.05. The Balaban J connectivity index is 2.08. The van der Waals surface area contributed by atoms with Crippen molar-refractivity contribution in [3.63, 3.8) is 0 Å². The fourth-order valence-electron chi connectivity index (χ4n) is 2.07. The maximum atomic E-state index is 12.0. The van der Waals surface area contributed by atoms with Crippen LogP contribution in [0, 0.1) is 0 Å². The number of amides is 1. The third kappa shape index (κ3) is 2.87. The summed E-state index contributed by atoms with van der Waals surface area (Å²) in [6.07, 6.45) is 2.89. The molecule has 1 amide bonds. The van der Waals surface area contributed by atoms with Gasteiger partial charge in [-0.1, -0.05) is 18.6 Å². The van der Waals surface area contributed by atoms with Crippen LogP contribution in [-0.2, 0) is 4.79 Å². The van der Waals surface area contributed by atoms with Crippen LogP contribution in [0.2, 0.25) is 0 Å². The normalized spacial score (nSPS) is 19.2. The number of carbonyl (C=O) groups is 2. The van der Waals surface area contributed by atoms with E-state index in [0.29, 0.717) is 5.69 Å². The fourth-order valence-corrected chi connectivity index (χ4v) is 2.07. The van der Waals surface area contributed by atoms with Gasteiger partial charge in [0.05, 0.1) is 17.3 Å². The number of carboxylic acid groups (broad SMARTS) is 1. The van der Waals surface area contributed by atoms with Crippen LogP contribution < -0.4 is 10.6 Å². The largest absolute Gasteiger partial charge is 0.478 e. The summed E-state index contributed by atoms with van der Waals surface area (Å²) >= 11 is 0. The molecule has 18 heavy (non-hydrogen) atoms. The standard InChI is InChI=1S/C13H16N2O3/c16-12(11-7-3-4-8-14-11)15-10-6-2-1-5-9(10)13(17)18/h1-2,5-6,11,14H,3-4,7-8H2,(H,15,16)(H,17,18)/t11-/m0/s1. The number of nitrogens with one attached hydrogen (secondary N) is 2. The van der Waals surface area contributed by atoms with Crippen molar-refractivity contribution in [2.75, 3.05) is 11.9 Å². The number of hydrogen-bond donors (Lipinski definition) is 3. The highest BCUT2D eigenvalue weighted by atomic mass is 16.4. The predicted molar refractivity (Wildman–Crippen MR) is 67.7 cm³/mol. The molecule has 0 spiro atoms. The van der Waals surface area contributed by atoms with Crippen molar-refractivity contribution in [1.29, 1.82) is 0 Å². The van der Waals surface area contributed by atoms with Crippen molar-refractivity contribution < 1.29 is 14.7 Å². The monoisotopic (exact) mass is 248 g/mol. The molecule has 0 bridgehead atoms. The molecule has 0 radical (unpaired) electrons. The molecule has 1 aromatic carbocycles. The minimum atomic E-state index is -1.04. The van der Waals surface area contributed by atoms with E-state index in [1.54, 1.807) is 18.2 Å². The maximum Gasteiger partial charge on any atom is 0.337 e. The first kappa shape index (κ1) is 12.6. The third-order valence-electron chi connectivity index (χ3n) is 3.04. The lowest BCUT2D eigenvalue weighted by Crippen LogP contribution is -2.43. The van der Waals surface area contributed by atoms with Crippen LogP contribution in [0.1, 0.15) is 29.6 Å². The first-order chi connectivity index (χ1) is 8.68. The minimum absolute atomic E-state index is 0.113. The Bertz CT molecular complexity index is 453. The molecule has 1 heterocycles. The highest BCUT2D eigenvalue weighted by molar-refractivity contribution is 6.02. The minimum Gasteiger partial charge on any atom is -0.478 e. The van der Waals surface area contributed by atoms with E-state index in [9.17, 15) is 9.59 Å². The maximum absolute atomic E-state index is 12.0. The smallest absolute Gasteiger partial charge is 0.337 e. The zero-order valence-corrected chi connectivity index (χ0v) is 9.98. The van der Waals surface area contributed by atoms with Crippen molar-refractivity contribution in [2.24, 2.45) is 0 Å². The number of hydrogen-bond acceptors (Lipinski definition) is 3. The van der Waals surface area contributed by atoms with Crippen LogP contribution >= 0.6 is 0 Å². The molecule has 1 aliphatic rings. The summed E-state index contributed by atoms with van der Waals surface area (Å²) in [5.74, 6) is -1.20. The average Bonchev–Trinajstić information content (AvgIpc) is 2.40. The Morgan fingerprint density at radius 2 is 2.06 bits per heavy atom. The number of carboxylic acids is 1. The molecule has 1 fully saturated rings. The molecule has 5 nitrogen and oxygen atoms in total. The van der Waals surface area contributed by atoms with Crippen LogP contribution in [0.3, 0.4) is 0 Å². The fraction of sp³-hybridized carbons (Fsp3) is 0.385. The van der Waals surface area contributed by atoms with Gasteiger partial charge >= 0.3 is 5.97 Å². The number of anilines is 1. The van der Waals surface area contributed by atoms with Gasteiger partial charge in [-0.3, -0.25) is 4.79 Å². The molecular formula is C13H16N2O3. The van der Waals surface area contributed by atoms with Gasteiger partial charge in [0.2, 0.25) is 5.91 Å². The summed E-state index contributed by atoms with van der Waals surface area (Å²) < 4.78 is 0. The Labute approximate surface area is 105 Å². The SMILES string of the molecule is O=C(O)c1ccccc1NC(=O)[C@@H]1CCCCN1. The Hall–Kier alpha value is -1.88. The van der Waals surface area contributed by atoms with Gasteiger partial charge in [-0.2, -0.15) is 0 Å². The number of carbonyl (C=O) groups excluding carboxylic acids is 1. The molecule has 5 heteroatoms. The van der Waals surface area contributed by atoms with E-state index in [4.69, 9.17) is 5.11 Å². The number of para-hydroxylation sites is 1. The molecule has 2 rings (SSSR count). The lowest BCUT2D eigenvalue weighted by Gasteiger charge is -2.22. The van der Waals surface area contributed by atoms with E-state index >= 15 is 0 Å². The Morgan fingerprint density at radius 3 is 2.72 bits per heavy atom. The van der Waals surface area contributed by atoms with Gasteiger partial charge in [-0.25, -0.2) is 4.79 Å². The third-order valence-corrected chi connectivity index (χ3v) is 3.04. The molecule has 0 aliphatic carbocycles. The van der Waals surface area contributed by atoms with E-state index in [1.807, 2.05) is 0 Å². The Morgan fingerprint density at radius 1 is 1.28 bits per heavy atom. The van der Waals surface area contributed by atoms with Gasteiger partial charge in [0, 0.05) is 0 Å². The van der Waals surface area contributed by atoms with Gasteiger partial charge in [-0.15, -0.1) is 0 Å². The first-order valence-electron chi connectivity index (χ1n) is 6.05. The molecular weight excluding hydrogens is 232 g/mol. The van der Waals surface area contributed by atoms with Crippen LogP contribution in [0.4, 0.5) is 5.69 Å². The molecule has 96 valence electrons. The second-order valence-electron chi connectivity index (χ2n) is 4.34. The summed E-state index contributed by atoms with van der Waals surface area (Å²) in [6, 6.07) is 6.20. The van der Waals surface area contributed by atoms with Crippen LogP contribution in [0.15, 0.2) is 24.3 Å². The summed E-state index contributed by atoms with van der Waals surface area (Å²) in [7, 11) is 0. The van der Waals surface area contributed by atoms with Gasteiger partial charge < -0.3 is 15.7 Å². The van der Waals surface area contributed by atoms with Crippen molar-refractivity contribution in [1.82, 2.24) is 5.32 Å². The van der Waals surface area contributed by atoms with Gasteiger partial charge in [0.15, 0.2) is 0 Å². The summed E-state index contributed by atoms with van der Waals surface area (Å²) in [4.78, 5) is 23.0. The van der Waals surface area contributed by atoms with Crippen LogP contribution in [0.25, 0.3) is 0 Å². The molecule has 0 unspecified atom stereocenters. The van der Waals surface area contributed by atoms with Gasteiger partial charge in [0.1, 0.15) is 0 Å². The molecule has 1 aliphatic heterocycles. The van der Waals surface area contributed by atoms with E-state index in [0.717, 1.165) is 25.8 Å². The summed E-state index contributed by atoms with van der Waals surface area (Å²) in [5.41, 5.74) is 0.462. The van der Waals surface area contributed by atoms with Crippen LogP contribution in [0.5, 0.6) is 0 Å². The van der Waals surface area contributed by atoms with Gasteiger partial charge in [-0.05, 0) is 31.5 Å². The average molecular weight is 248 g/mol. The zero-order valence-electron chi connectivity index (χ0n) is 9.98. The highest BCUT2D eigenvalue weighted by Gasteiger charge is 2.21. The summed E-state index contributed by atoms with van der Waals surface area (Å²) in [6.45, 7) is 0.832. The molecule has 1 saturated heterocycles. The van der Waals surface area contributed by atoms with E-state index in [-0.39, 0.29) is 17.5 Å². The van der Waals surface area contributed by atoms with E-state index in [2.05, 4.69) is 10.6 Å². The number of aromatic carboxylic acids is 1. The predicted octanol–water partition coefficient (Wildman–Crippen LogP) is 1.47. The highest BCUT2D eigenvalue weighted by Crippen LogP contribution is 2.16. The van der Waals surface area contributed by atoms with E-state index in [1.165, 1.54) is 6.07 Å². The van der Waals surface area contributed by atoms with Crippen molar-refractivity contribution in [3.8, 4) is 0 Å². The Kier molecular flexibility index (Phi) is 3.94. The van der Waals surface area contributed by atoms with Crippen molar-refractivity contribution in [3.05, 3.63) is 29.8 Å². The lowest BCUT2D eigenvalue weighted by molar-refractivity contribution is -0.118. The molecule has 1 aromatic rings. The van der Waals surface area contributed by atoms with E-state index < -0.39 is 5.97 Å². The molecule has 1 atom stereocenters. The number of rotatable bonds is 3. The van der Waals surface area contributed by atoms with Crippen molar-refractivity contribution >= 4 is 17.6 Å². The topological polar surface area (TPSA) is 78.4 Å². The number of benzene rings is 1. The molecule has 3 N–H and O–H groups in total. The molecule has 0 saturated carbocycles. The summed E-state index contributed by atoms with van der Waals surface area (Å²) in [5, 5.41) is 14.8.